The van der Waals surface area contributed by atoms with Gasteiger partial charge in [0.2, 0.25) is 11.8 Å². The minimum absolute atomic E-state index is 0.00552. The summed E-state index contributed by atoms with van der Waals surface area (Å²) in [5, 5.41) is 3.03. The van der Waals surface area contributed by atoms with E-state index < -0.39 is 0 Å². The van der Waals surface area contributed by atoms with Gasteiger partial charge in [0.15, 0.2) is 0 Å². The van der Waals surface area contributed by atoms with Gasteiger partial charge in [-0.15, -0.1) is 0 Å². The van der Waals surface area contributed by atoms with E-state index in [1.54, 1.807) is 0 Å². The fourth-order valence-electron chi connectivity index (χ4n) is 4.74. The summed E-state index contributed by atoms with van der Waals surface area (Å²) in [4.78, 5) is 30.3. The Bertz CT molecular complexity index is 968. The third-order valence-electron chi connectivity index (χ3n) is 6.47. The lowest BCUT2D eigenvalue weighted by Gasteiger charge is -2.31. The summed E-state index contributed by atoms with van der Waals surface area (Å²) in [7, 11) is 4.00. The number of rotatable bonds is 11. The first-order valence-corrected chi connectivity index (χ1v) is 12.8. The standard InChI is InChI=1S/C29H41N3O3/c1-6-26(22-11-8-7-9-12-22)29(34)32(20-25-13-10-16-35-25)19-23-18-24(14-15-27(23)31(4)5)30-28(33)17-21(2)3/h7-9,11-12,14-15,18,21,25-26H,6,10,13,16-17,19-20H2,1-5H3,(H,30,33)/t25-,26-/m1/s1. The van der Waals surface area contributed by atoms with E-state index in [1.165, 1.54) is 0 Å². The summed E-state index contributed by atoms with van der Waals surface area (Å²) < 4.78 is 5.92. The van der Waals surface area contributed by atoms with Crippen LogP contribution in [0, 0.1) is 5.92 Å². The zero-order valence-electron chi connectivity index (χ0n) is 21.9. The molecule has 1 N–H and O–H groups in total. The van der Waals surface area contributed by atoms with Gasteiger partial charge in [0.05, 0.1) is 12.0 Å². The minimum atomic E-state index is -0.200. The molecule has 2 aromatic rings. The first-order valence-electron chi connectivity index (χ1n) is 12.8. The number of hydrogen-bond acceptors (Lipinski definition) is 4. The van der Waals surface area contributed by atoms with Crippen molar-refractivity contribution in [3.05, 3.63) is 59.7 Å². The van der Waals surface area contributed by atoms with Crippen molar-refractivity contribution in [3.63, 3.8) is 0 Å². The predicted molar refractivity (Wildman–Crippen MR) is 143 cm³/mol. The van der Waals surface area contributed by atoms with Crippen molar-refractivity contribution in [2.24, 2.45) is 5.92 Å². The Morgan fingerprint density at radius 2 is 1.86 bits per heavy atom. The number of nitrogens with zero attached hydrogens (tertiary/aromatic N) is 2. The highest BCUT2D eigenvalue weighted by molar-refractivity contribution is 5.91. The minimum Gasteiger partial charge on any atom is -0.377 e. The Kier molecular flexibility index (Phi) is 9.73. The van der Waals surface area contributed by atoms with E-state index in [1.807, 2.05) is 81.4 Å². The molecule has 1 aliphatic heterocycles. The molecular formula is C29H41N3O3. The fourth-order valence-corrected chi connectivity index (χ4v) is 4.74. The molecule has 6 heteroatoms. The number of amides is 2. The molecule has 0 aliphatic carbocycles. The summed E-state index contributed by atoms with van der Waals surface area (Å²) in [6.07, 6.45) is 3.27. The normalized spacial score (nSPS) is 16.2. The van der Waals surface area contributed by atoms with Crippen molar-refractivity contribution in [1.82, 2.24) is 4.90 Å². The van der Waals surface area contributed by atoms with Crippen LogP contribution in [-0.2, 0) is 20.9 Å². The molecule has 190 valence electrons. The smallest absolute Gasteiger partial charge is 0.230 e. The highest BCUT2D eigenvalue weighted by Gasteiger charge is 2.29. The van der Waals surface area contributed by atoms with Crippen LogP contribution in [0.5, 0.6) is 0 Å². The molecule has 3 rings (SSSR count). The molecule has 0 bridgehead atoms. The number of hydrogen-bond donors (Lipinski definition) is 1. The van der Waals surface area contributed by atoms with Crippen LogP contribution in [0.2, 0.25) is 0 Å². The number of benzene rings is 2. The molecule has 1 saturated heterocycles. The summed E-state index contributed by atoms with van der Waals surface area (Å²) in [5.74, 6) is 0.215. The molecule has 1 fully saturated rings. The van der Waals surface area contributed by atoms with E-state index in [-0.39, 0.29) is 23.8 Å². The van der Waals surface area contributed by atoms with Crippen molar-refractivity contribution >= 4 is 23.2 Å². The molecule has 0 radical (unpaired) electrons. The van der Waals surface area contributed by atoms with Crippen LogP contribution in [-0.4, -0.2) is 50.1 Å². The van der Waals surface area contributed by atoms with Crippen LogP contribution in [0.3, 0.4) is 0 Å². The van der Waals surface area contributed by atoms with Gasteiger partial charge in [-0.3, -0.25) is 9.59 Å². The lowest BCUT2D eigenvalue weighted by Crippen LogP contribution is -2.40. The van der Waals surface area contributed by atoms with Crippen molar-refractivity contribution < 1.29 is 14.3 Å². The Hall–Kier alpha value is -2.86. The largest absolute Gasteiger partial charge is 0.377 e. The van der Waals surface area contributed by atoms with Crippen LogP contribution in [0.15, 0.2) is 48.5 Å². The van der Waals surface area contributed by atoms with Crippen molar-refractivity contribution in [2.45, 2.75) is 65.0 Å². The van der Waals surface area contributed by atoms with E-state index in [0.29, 0.717) is 25.4 Å². The number of nitrogens with one attached hydrogen (secondary N) is 1. The molecule has 0 aromatic heterocycles. The van der Waals surface area contributed by atoms with Gasteiger partial charge in [0.25, 0.3) is 0 Å². The molecule has 0 saturated carbocycles. The Labute approximate surface area is 210 Å². The summed E-state index contributed by atoms with van der Waals surface area (Å²) in [6.45, 7) is 7.92. The molecule has 0 unspecified atom stereocenters. The number of anilines is 2. The van der Waals surface area contributed by atoms with Gasteiger partial charge < -0.3 is 19.9 Å². The van der Waals surface area contributed by atoms with Crippen LogP contribution in [0.1, 0.15) is 63.5 Å². The average molecular weight is 480 g/mol. The second kappa shape index (κ2) is 12.7. The molecule has 2 aromatic carbocycles. The van der Waals surface area contributed by atoms with Crippen molar-refractivity contribution in [2.75, 3.05) is 37.5 Å². The molecule has 6 nitrogen and oxygen atoms in total. The first-order chi connectivity index (χ1) is 16.8. The topological polar surface area (TPSA) is 61.9 Å². The van der Waals surface area contributed by atoms with Gasteiger partial charge in [-0.1, -0.05) is 51.1 Å². The van der Waals surface area contributed by atoms with Gasteiger partial charge >= 0.3 is 0 Å². The molecule has 0 spiro atoms. The molecule has 2 amide bonds. The quantitative estimate of drug-likeness (QED) is 0.466. The number of carbonyl (C=O) groups excluding carboxylic acids is 2. The Balaban J connectivity index is 1.90. The molecule has 35 heavy (non-hydrogen) atoms. The maximum absolute atomic E-state index is 13.9. The number of ether oxygens (including phenoxy) is 1. The van der Waals surface area contributed by atoms with E-state index in [9.17, 15) is 9.59 Å². The molecular weight excluding hydrogens is 438 g/mol. The second-order valence-corrected chi connectivity index (χ2v) is 10.1. The third-order valence-corrected chi connectivity index (χ3v) is 6.47. The lowest BCUT2D eigenvalue weighted by molar-refractivity contribution is -0.135. The average Bonchev–Trinajstić information content (AvgIpc) is 3.32. The van der Waals surface area contributed by atoms with Gasteiger partial charge in [0, 0.05) is 51.6 Å². The van der Waals surface area contributed by atoms with Crippen LogP contribution in [0.4, 0.5) is 11.4 Å². The van der Waals surface area contributed by atoms with Crippen LogP contribution in [0.25, 0.3) is 0 Å². The molecule has 1 heterocycles. The van der Waals surface area contributed by atoms with E-state index in [2.05, 4.69) is 17.1 Å². The summed E-state index contributed by atoms with van der Waals surface area (Å²) >= 11 is 0. The molecule has 1 aliphatic rings. The van der Waals surface area contributed by atoms with Gasteiger partial charge in [0.1, 0.15) is 0 Å². The van der Waals surface area contributed by atoms with Crippen LogP contribution >= 0.6 is 0 Å². The Morgan fingerprint density at radius 1 is 1.11 bits per heavy atom. The van der Waals surface area contributed by atoms with Crippen LogP contribution < -0.4 is 10.2 Å². The first kappa shape index (κ1) is 26.7. The van der Waals surface area contributed by atoms with E-state index in [4.69, 9.17) is 4.74 Å². The highest BCUT2D eigenvalue weighted by atomic mass is 16.5. The van der Waals surface area contributed by atoms with Gasteiger partial charge in [-0.05, 0) is 54.5 Å². The van der Waals surface area contributed by atoms with Gasteiger partial charge in [-0.25, -0.2) is 0 Å². The van der Waals surface area contributed by atoms with E-state index >= 15 is 0 Å². The fraction of sp³-hybridized carbons (Fsp3) is 0.517. The maximum Gasteiger partial charge on any atom is 0.230 e. The maximum atomic E-state index is 13.9. The lowest BCUT2D eigenvalue weighted by atomic mass is 9.94. The third kappa shape index (κ3) is 7.56. The molecule has 2 atom stereocenters. The second-order valence-electron chi connectivity index (χ2n) is 10.1. The van der Waals surface area contributed by atoms with E-state index in [0.717, 1.165) is 48.4 Å². The summed E-state index contributed by atoms with van der Waals surface area (Å²) in [5.41, 5.74) is 3.84. The summed E-state index contributed by atoms with van der Waals surface area (Å²) in [6, 6.07) is 16.0. The van der Waals surface area contributed by atoms with Gasteiger partial charge in [-0.2, -0.15) is 0 Å². The van der Waals surface area contributed by atoms with Crippen molar-refractivity contribution in [3.8, 4) is 0 Å². The zero-order valence-corrected chi connectivity index (χ0v) is 21.9. The SMILES string of the molecule is CC[C@@H](C(=O)N(Cc1cc(NC(=O)CC(C)C)ccc1N(C)C)C[C@H]1CCCO1)c1ccccc1. The van der Waals surface area contributed by atoms with Crippen molar-refractivity contribution in [1.29, 1.82) is 0 Å². The number of carbonyl (C=O) groups is 2. The predicted octanol–water partition coefficient (Wildman–Crippen LogP) is 5.44. The Morgan fingerprint density at radius 3 is 2.46 bits per heavy atom. The zero-order chi connectivity index (χ0) is 25.4. The monoisotopic (exact) mass is 479 g/mol. The highest BCUT2D eigenvalue weighted by Crippen LogP contribution is 2.29.